The summed E-state index contributed by atoms with van der Waals surface area (Å²) < 4.78 is 6.84. The average molecular weight is 261 g/mol. The van der Waals surface area contributed by atoms with Gasteiger partial charge in [0.2, 0.25) is 5.52 Å². The van der Waals surface area contributed by atoms with Gasteiger partial charge in [-0.2, -0.15) is 0 Å². The zero-order valence-electron chi connectivity index (χ0n) is 11.1. The first-order chi connectivity index (χ1) is 9.84. The zero-order chi connectivity index (χ0) is 13.3. The van der Waals surface area contributed by atoms with Crippen molar-refractivity contribution in [3.63, 3.8) is 0 Å². The molecular weight excluding hydrogens is 248 g/mol. The maximum absolute atomic E-state index is 4.52. The van der Waals surface area contributed by atoms with Crippen molar-refractivity contribution in [3.8, 4) is 11.4 Å². The molecule has 0 saturated carbocycles. The summed E-state index contributed by atoms with van der Waals surface area (Å²) in [6.45, 7) is 0.859. The average Bonchev–Trinajstić information content (AvgIpc) is 3.10. The molecule has 4 aromatic rings. The van der Waals surface area contributed by atoms with E-state index in [1.165, 1.54) is 27.9 Å². The van der Waals surface area contributed by atoms with Gasteiger partial charge in [0, 0.05) is 12.4 Å². The molecule has 0 bridgehead atoms. The van der Waals surface area contributed by atoms with Crippen LogP contribution in [-0.2, 0) is 13.6 Å². The van der Waals surface area contributed by atoms with E-state index < -0.39 is 0 Å². The number of pyridine rings is 2. The van der Waals surface area contributed by atoms with Crippen LogP contribution in [0.3, 0.4) is 0 Å². The Balaban J connectivity index is 1.99. The fraction of sp³-hybridized carbons (Fsp3) is 0.125. The van der Waals surface area contributed by atoms with Gasteiger partial charge in [-0.25, -0.2) is 9.13 Å². The molecule has 0 unspecified atom stereocenters. The Morgan fingerprint density at radius 3 is 3.05 bits per heavy atom. The topological polar surface area (TPSA) is 26.1 Å². The lowest BCUT2D eigenvalue weighted by Gasteiger charge is -1.94. The highest BCUT2D eigenvalue weighted by molar-refractivity contribution is 5.91. The first-order valence-electron chi connectivity index (χ1n) is 6.77. The molecule has 4 nitrogen and oxygen atoms in total. The third kappa shape index (κ3) is 1.04. The predicted molar refractivity (Wildman–Crippen MR) is 76.4 cm³/mol. The summed E-state index contributed by atoms with van der Waals surface area (Å²) in [5.74, 6) is 1.25. The monoisotopic (exact) mass is 261 g/mol. The zero-order valence-corrected chi connectivity index (χ0v) is 11.1. The highest BCUT2D eigenvalue weighted by atomic mass is 15.2. The number of imidazole rings is 1. The SMILES string of the molecule is Cn1c2[n+](c3c1cn1ccccc31)Cc1ncccc1-2. The summed E-state index contributed by atoms with van der Waals surface area (Å²) >= 11 is 0. The number of nitrogens with zero attached hydrogens (tertiary/aromatic N) is 4. The number of fused-ring (bicyclic) bond motifs is 7. The second-order valence-electron chi connectivity index (χ2n) is 5.32. The highest BCUT2D eigenvalue weighted by Crippen LogP contribution is 2.31. The van der Waals surface area contributed by atoms with E-state index in [2.05, 4.69) is 62.2 Å². The lowest BCUT2D eigenvalue weighted by molar-refractivity contribution is -0.645. The predicted octanol–water partition coefficient (Wildman–Crippen LogP) is 2.14. The van der Waals surface area contributed by atoms with Crippen molar-refractivity contribution in [1.82, 2.24) is 14.0 Å². The Kier molecular flexibility index (Phi) is 1.67. The molecular formula is C16H13N4+. The van der Waals surface area contributed by atoms with Crippen molar-refractivity contribution >= 4 is 16.6 Å². The minimum Gasteiger partial charge on any atom is -0.316 e. The number of hydrogen-bond donors (Lipinski definition) is 0. The van der Waals surface area contributed by atoms with E-state index in [0.29, 0.717) is 0 Å². The molecule has 4 aromatic heterocycles. The Hall–Kier alpha value is -2.62. The van der Waals surface area contributed by atoms with Gasteiger partial charge in [0.05, 0.1) is 30.0 Å². The van der Waals surface area contributed by atoms with Crippen molar-refractivity contribution in [2.45, 2.75) is 6.54 Å². The van der Waals surface area contributed by atoms with Crippen molar-refractivity contribution in [3.05, 3.63) is 54.6 Å². The van der Waals surface area contributed by atoms with Gasteiger partial charge in [0.1, 0.15) is 6.54 Å². The van der Waals surface area contributed by atoms with Crippen LogP contribution in [0.15, 0.2) is 48.9 Å². The summed E-state index contributed by atoms with van der Waals surface area (Å²) in [6.07, 6.45) is 6.18. The van der Waals surface area contributed by atoms with Gasteiger partial charge >= 0.3 is 0 Å². The second-order valence-corrected chi connectivity index (χ2v) is 5.32. The van der Waals surface area contributed by atoms with E-state index in [1.54, 1.807) is 0 Å². The molecule has 0 aromatic carbocycles. The van der Waals surface area contributed by atoms with E-state index in [9.17, 15) is 0 Å². The summed E-state index contributed by atoms with van der Waals surface area (Å²) in [5.41, 5.74) is 6.22. The molecule has 0 amide bonds. The van der Waals surface area contributed by atoms with Crippen molar-refractivity contribution in [2.75, 3.05) is 0 Å². The summed E-state index contributed by atoms with van der Waals surface area (Å²) in [4.78, 5) is 4.52. The van der Waals surface area contributed by atoms with Gasteiger partial charge in [-0.3, -0.25) is 4.98 Å². The lowest BCUT2D eigenvalue weighted by Crippen LogP contribution is -2.31. The fourth-order valence-electron chi connectivity index (χ4n) is 3.41. The molecule has 1 aliphatic rings. The smallest absolute Gasteiger partial charge is 0.292 e. The molecule has 1 aliphatic heterocycles. The quantitative estimate of drug-likeness (QED) is 0.392. The largest absolute Gasteiger partial charge is 0.316 e. The maximum atomic E-state index is 4.52. The minimum absolute atomic E-state index is 0.859. The molecule has 20 heavy (non-hydrogen) atoms. The van der Waals surface area contributed by atoms with Crippen LogP contribution in [0, 0.1) is 0 Å². The van der Waals surface area contributed by atoms with Crippen LogP contribution in [0.4, 0.5) is 0 Å². The van der Waals surface area contributed by atoms with Crippen molar-refractivity contribution < 1.29 is 4.57 Å². The van der Waals surface area contributed by atoms with E-state index in [4.69, 9.17) is 0 Å². The molecule has 0 spiro atoms. The third-order valence-electron chi connectivity index (χ3n) is 4.28. The van der Waals surface area contributed by atoms with Crippen molar-refractivity contribution in [2.24, 2.45) is 7.05 Å². The molecule has 0 saturated heterocycles. The van der Waals surface area contributed by atoms with Gasteiger partial charge in [0.15, 0.2) is 5.52 Å². The van der Waals surface area contributed by atoms with Gasteiger partial charge in [0.25, 0.3) is 5.82 Å². The number of aromatic nitrogens is 4. The Labute approximate surface area is 115 Å². The summed E-state index contributed by atoms with van der Waals surface area (Å²) in [7, 11) is 2.13. The van der Waals surface area contributed by atoms with Gasteiger partial charge < -0.3 is 4.40 Å². The van der Waals surface area contributed by atoms with Crippen LogP contribution in [0.25, 0.3) is 27.9 Å². The molecule has 0 aliphatic carbocycles. The normalized spacial score (nSPS) is 13.1. The van der Waals surface area contributed by atoms with Gasteiger partial charge in [-0.15, -0.1) is 0 Å². The molecule has 96 valence electrons. The Bertz CT molecular complexity index is 990. The number of aryl methyl sites for hydroxylation is 1. The van der Waals surface area contributed by atoms with Crippen LogP contribution in [0.2, 0.25) is 0 Å². The van der Waals surface area contributed by atoms with Crippen LogP contribution in [0.5, 0.6) is 0 Å². The van der Waals surface area contributed by atoms with E-state index in [0.717, 1.165) is 12.2 Å². The summed E-state index contributed by atoms with van der Waals surface area (Å²) in [5, 5.41) is 0. The Morgan fingerprint density at radius 2 is 2.10 bits per heavy atom. The van der Waals surface area contributed by atoms with Crippen molar-refractivity contribution in [1.29, 1.82) is 0 Å². The standard InChI is InChI=1S/C16H13N4/c1-18-14-10-19-8-3-2-6-13(19)15(14)20-9-12-11(16(18)20)5-4-7-17-12/h2-8,10H,9H2,1H3/q+1. The van der Waals surface area contributed by atoms with Crippen LogP contribution >= 0.6 is 0 Å². The summed E-state index contributed by atoms with van der Waals surface area (Å²) in [6, 6.07) is 10.5. The van der Waals surface area contributed by atoms with E-state index in [1.807, 2.05) is 12.3 Å². The first kappa shape index (κ1) is 10.2. The van der Waals surface area contributed by atoms with Gasteiger partial charge in [-0.05, 0) is 24.3 Å². The highest BCUT2D eigenvalue weighted by Gasteiger charge is 2.34. The second kappa shape index (κ2) is 3.28. The lowest BCUT2D eigenvalue weighted by atomic mass is 10.2. The molecule has 0 radical (unpaired) electrons. The van der Waals surface area contributed by atoms with E-state index >= 15 is 0 Å². The van der Waals surface area contributed by atoms with Crippen LogP contribution in [-0.4, -0.2) is 14.0 Å². The van der Waals surface area contributed by atoms with Gasteiger partial charge in [-0.1, -0.05) is 6.07 Å². The molecule has 0 N–H and O–H groups in total. The molecule has 5 heterocycles. The first-order valence-corrected chi connectivity index (χ1v) is 6.77. The molecule has 5 rings (SSSR count). The van der Waals surface area contributed by atoms with E-state index in [-0.39, 0.29) is 0 Å². The molecule has 4 heteroatoms. The fourth-order valence-corrected chi connectivity index (χ4v) is 3.41. The number of hydrogen-bond acceptors (Lipinski definition) is 1. The molecule has 0 atom stereocenters. The molecule has 0 fully saturated rings. The van der Waals surface area contributed by atoms with Crippen LogP contribution in [0.1, 0.15) is 5.69 Å². The minimum atomic E-state index is 0.859. The maximum Gasteiger partial charge on any atom is 0.292 e. The number of rotatable bonds is 0. The Morgan fingerprint density at radius 1 is 1.15 bits per heavy atom. The third-order valence-corrected chi connectivity index (χ3v) is 4.28. The van der Waals surface area contributed by atoms with Crippen LogP contribution < -0.4 is 4.57 Å².